The van der Waals surface area contributed by atoms with E-state index in [1.165, 1.54) is 6.08 Å². The topological polar surface area (TPSA) is 85.0 Å². The van der Waals surface area contributed by atoms with Crippen LogP contribution in [0.2, 0.25) is 10.0 Å². The summed E-state index contributed by atoms with van der Waals surface area (Å²) in [5.74, 6) is 0.636. The average molecular weight is 534 g/mol. The highest BCUT2D eigenvalue weighted by molar-refractivity contribution is 7.80. The van der Waals surface area contributed by atoms with Crippen molar-refractivity contribution < 1.29 is 9.21 Å². The maximum Gasteiger partial charge on any atom is 0.250 e. The number of furan rings is 1. The Hall–Kier alpha value is -3.98. The maximum atomic E-state index is 12.3. The summed E-state index contributed by atoms with van der Waals surface area (Å²) in [5.41, 5.74) is 3.66. The number of aromatic nitrogens is 3. The zero-order chi connectivity index (χ0) is 25.1. The fourth-order valence-electron chi connectivity index (χ4n) is 3.42. The molecule has 2 heterocycles. The van der Waals surface area contributed by atoms with Gasteiger partial charge in [-0.3, -0.25) is 10.1 Å². The first-order valence-electron chi connectivity index (χ1n) is 10.7. The van der Waals surface area contributed by atoms with E-state index in [0.717, 1.165) is 11.2 Å². The van der Waals surface area contributed by atoms with Gasteiger partial charge in [-0.15, -0.1) is 10.2 Å². The summed E-state index contributed by atoms with van der Waals surface area (Å²) in [4.78, 5) is 13.9. The van der Waals surface area contributed by atoms with Crippen LogP contribution in [0.1, 0.15) is 5.76 Å². The Bertz CT molecular complexity index is 1610. The van der Waals surface area contributed by atoms with Crippen LogP contribution in [0.25, 0.3) is 34.1 Å². The Labute approximate surface area is 221 Å². The molecular weight excluding hydrogens is 517 g/mol. The second-order valence-corrected chi connectivity index (χ2v) is 8.88. The summed E-state index contributed by atoms with van der Waals surface area (Å²) < 4.78 is 5.76. The lowest BCUT2D eigenvalue weighted by atomic mass is 10.2. The number of carbonyl (C=O) groups excluding carboxylic acids is 1. The minimum Gasteiger partial charge on any atom is -0.457 e. The van der Waals surface area contributed by atoms with Crippen LogP contribution >= 0.6 is 35.4 Å². The summed E-state index contributed by atoms with van der Waals surface area (Å²) in [6.45, 7) is 0. The first kappa shape index (κ1) is 23.7. The Balaban J connectivity index is 1.20. The molecule has 0 bridgehead atoms. The molecule has 0 fully saturated rings. The number of anilines is 1. The lowest BCUT2D eigenvalue weighted by Gasteiger charge is -2.07. The first-order valence-corrected chi connectivity index (χ1v) is 11.9. The summed E-state index contributed by atoms with van der Waals surface area (Å²) in [6.07, 6.45) is 2.87. The van der Waals surface area contributed by atoms with Gasteiger partial charge >= 0.3 is 0 Å². The van der Waals surface area contributed by atoms with Crippen molar-refractivity contribution in [3.05, 3.63) is 101 Å². The van der Waals surface area contributed by atoms with Crippen LogP contribution in [0.3, 0.4) is 0 Å². The molecule has 0 aliphatic heterocycles. The molecule has 0 aliphatic carbocycles. The number of nitrogens with zero attached hydrogens (tertiary/aromatic N) is 3. The van der Waals surface area contributed by atoms with Gasteiger partial charge in [0.25, 0.3) is 0 Å². The van der Waals surface area contributed by atoms with Crippen LogP contribution in [0.4, 0.5) is 5.69 Å². The van der Waals surface area contributed by atoms with Crippen molar-refractivity contribution in [2.75, 3.05) is 5.32 Å². The summed E-state index contributed by atoms with van der Waals surface area (Å²) >= 11 is 17.4. The second-order valence-electron chi connectivity index (χ2n) is 7.63. The molecule has 0 atom stereocenters. The maximum absolute atomic E-state index is 12.3. The van der Waals surface area contributed by atoms with E-state index in [9.17, 15) is 4.79 Å². The number of rotatable bonds is 5. The van der Waals surface area contributed by atoms with Crippen molar-refractivity contribution in [1.82, 2.24) is 20.3 Å². The number of hydrogen-bond acceptors (Lipinski definition) is 5. The van der Waals surface area contributed by atoms with E-state index < -0.39 is 5.91 Å². The molecule has 7 nitrogen and oxygen atoms in total. The molecule has 0 radical (unpaired) electrons. The normalized spacial score (nSPS) is 11.2. The second kappa shape index (κ2) is 10.3. The molecule has 2 N–H and O–H groups in total. The molecule has 0 saturated carbocycles. The van der Waals surface area contributed by atoms with Gasteiger partial charge in [0.05, 0.1) is 10.7 Å². The number of hydrogen-bond donors (Lipinski definition) is 2. The average Bonchev–Trinajstić information content (AvgIpc) is 3.50. The highest BCUT2D eigenvalue weighted by atomic mass is 35.5. The van der Waals surface area contributed by atoms with Crippen molar-refractivity contribution in [2.45, 2.75) is 0 Å². The molecular formula is C26H17Cl2N5O2S. The highest BCUT2D eigenvalue weighted by Gasteiger charge is 2.10. The number of fused-ring (bicyclic) bond motifs is 1. The third-order valence-corrected chi connectivity index (χ3v) is 5.84. The minimum absolute atomic E-state index is 0.146. The van der Waals surface area contributed by atoms with Gasteiger partial charge in [0.15, 0.2) is 5.11 Å². The number of halogens is 2. The fourth-order valence-corrected chi connectivity index (χ4v) is 4.14. The molecule has 5 aromatic rings. The molecule has 3 aromatic carbocycles. The molecule has 0 saturated heterocycles. The van der Waals surface area contributed by atoms with Crippen LogP contribution in [0.5, 0.6) is 0 Å². The SMILES string of the molecule is O=C(/C=C/c1ccc(-c2ccc(Cl)cc2Cl)o1)NC(=S)Nc1ccc2nn(-c3ccccc3)nc2c1. The Morgan fingerprint density at radius 2 is 1.75 bits per heavy atom. The van der Waals surface area contributed by atoms with Crippen molar-refractivity contribution >= 4 is 69.2 Å². The number of benzene rings is 3. The molecule has 0 aliphatic rings. The van der Waals surface area contributed by atoms with Gasteiger partial charge in [-0.2, -0.15) is 4.80 Å². The van der Waals surface area contributed by atoms with Gasteiger partial charge in [0.2, 0.25) is 5.91 Å². The van der Waals surface area contributed by atoms with Crippen LogP contribution in [-0.2, 0) is 4.79 Å². The number of amides is 1. The molecule has 2 aromatic heterocycles. The van der Waals surface area contributed by atoms with Crippen molar-refractivity contribution in [2.24, 2.45) is 0 Å². The Morgan fingerprint density at radius 1 is 0.944 bits per heavy atom. The van der Waals surface area contributed by atoms with Crippen LogP contribution in [0, 0.1) is 0 Å². The first-order chi connectivity index (χ1) is 17.4. The summed E-state index contributed by atoms with van der Waals surface area (Å²) in [5, 5.41) is 15.7. The predicted octanol–water partition coefficient (Wildman–Crippen LogP) is 6.51. The monoisotopic (exact) mass is 533 g/mol. The number of nitrogens with one attached hydrogen (secondary N) is 2. The Morgan fingerprint density at radius 3 is 2.56 bits per heavy atom. The zero-order valence-electron chi connectivity index (χ0n) is 18.5. The predicted molar refractivity (Wildman–Crippen MR) is 146 cm³/mol. The van der Waals surface area contributed by atoms with Crippen molar-refractivity contribution in [1.29, 1.82) is 0 Å². The number of carbonyl (C=O) groups is 1. The van der Waals surface area contributed by atoms with Crippen molar-refractivity contribution in [3.8, 4) is 17.0 Å². The van der Waals surface area contributed by atoms with E-state index in [0.29, 0.717) is 38.3 Å². The molecule has 178 valence electrons. The van der Waals surface area contributed by atoms with Gasteiger partial charge in [0.1, 0.15) is 22.6 Å². The lowest BCUT2D eigenvalue weighted by Crippen LogP contribution is -2.32. The lowest BCUT2D eigenvalue weighted by molar-refractivity contribution is -0.115. The largest absolute Gasteiger partial charge is 0.457 e. The molecule has 0 spiro atoms. The van der Waals surface area contributed by atoms with E-state index in [1.54, 1.807) is 41.2 Å². The van der Waals surface area contributed by atoms with E-state index in [-0.39, 0.29) is 5.11 Å². The van der Waals surface area contributed by atoms with E-state index in [2.05, 4.69) is 20.8 Å². The van der Waals surface area contributed by atoms with Crippen LogP contribution in [0.15, 0.2) is 89.4 Å². The van der Waals surface area contributed by atoms with Crippen molar-refractivity contribution in [3.63, 3.8) is 0 Å². The number of para-hydroxylation sites is 1. The van der Waals surface area contributed by atoms with E-state index in [4.69, 9.17) is 39.8 Å². The summed E-state index contributed by atoms with van der Waals surface area (Å²) in [7, 11) is 0. The van der Waals surface area contributed by atoms with Gasteiger partial charge in [-0.25, -0.2) is 0 Å². The minimum atomic E-state index is -0.411. The van der Waals surface area contributed by atoms with Gasteiger partial charge in [-0.1, -0.05) is 41.4 Å². The van der Waals surface area contributed by atoms with Crippen LogP contribution in [-0.4, -0.2) is 26.0 Å². The summed E-state index contributed by atoms with van der Waals surface area (Å²) in [6, 6.07) is 23.7. The number of thiocarbonyl (C=S) groups is 1. The molecule has 5 rings (SSSR count). The van der Waals surface area contributed by atoms with Gasteiger partial charge < -0.3 is 9.73 Å². The standard InChI is InChI=1S/C26H17Cl2N5O2S/c27-16-6-10-20(21(28)14-16)24-12-8-19(35-24)9-13-25(34)30-26(36)29-17-7-11-22-23(15-17)32-33(31-22)18-4-2-1-3-5-18/h1-15H,(H2,29,30,34,36)/b13-9+. The quantitative estimate of drug-likeness (QED) is 0.198. The van der Waals surface area contributed by atoms with Crippen LogP contribution < -0.4 is 10.6 Å². The van der Waals surface area contributed by atoms with E-state index in [1.807, 2.05) is 48.5 Å². The zero-order valence-corrected chi connectivity index (χ0v) is 20.8. The molecule has 10 heteroatoms. The molecule has 0 unspecified atom stereocenters. The van der Waals surface area contributed by atoms with Gasteiger partial charge in [0, 0.05) is 22.3 Å². The third-order valence-electron chi connectivity index (χ3n) is 5.08. The van der Waals surface area contributed by atoms with Gasteiger partial charge in [-0.05, 0) is 79.0 Å². The highest BCUT2D eigenvalue weighted by Crippen LogP contribution is 2.31. The smallest absolute Gasteiger partial charge is 0.250 e. The van der Waals surface area contributed by atoms with E-state index >= 15 is 0 Å². The molecule has 1 amide bonds. The molecule has 36 heavy (non-hydrogen) atoms. The fraction of sp³-hybridized carbons (Fsp3) is 0. The third kappa shape index (κ3) is 5.46. The Kier molecular flexibility index (Phi) is 6.81.